The molecule has 40 heavy (non-hydrogen) atoms. The van der Waals surface area contributed by atoms with Crippen LogP contribution in [0.25, 0.3) is 0 Å². The number of likely N-dealkylation sites (N-methyl/N-ethyl adjacent to an activating group) is 1. The summed E-state index contributed by atoms with van der Waals surface area (Å²) in [5.74, 6) is -0.598. The van der Waals surface area contributed by atoms with Crippen molar-refractivity contribution in [3.63, 3.8) is 0 Å². The van der Waals surface area contributed by atoms with Gasteiger partial charge in [0.25, 0.3) is 0 Å². The van der Waals surface area contributed by atoms with Gasteiger partial charge < -0.3 is 10.2 Å². The molecule has 3 aromatic carbocycles. The van der Waals surface area contributed by atoms with Crippen molar-refractivity contribution in [1.29, 1.82) is 0 Å². The maximum atomic E-state index is 13.8. The van der Waals surface area contributed by atoms with Crippen LogP contribution in [0.15, 0.2) is 66.7 Å². The molecule has 214 valence electrons. The first-order valence-corrected chi connectivity index (χ1v) is 15.5. The molecule has 0 aliphatic carbocycles. The number of sulfonamides is 1. The first-order chi connectivity index (χ1) is 18.9. The zero-order chi connectivity index (χ0) is 29.4. The van der Waals surface area contributed by atoms with E-state index in [9.17, 15) is 18.0 Å². The molecular formula is C30H35Cl2N3O4S. The molecule has 0 bridgehead atoms. The summed E-state index contributed by atoms with van der Waals surface area (Å²) >= 11 is 12.5. The summed E-state index contributed by atoms with van der Waals surface area (Å²) in [5, 5.41) is 3.53. The maximum absolute atomic E-state index is 13.8. The Morgan fingerprint density at radius 3 is 2.25 bits per heavy atom. The van der Waals surface area contributed by atoms with Gasteiger partial charge in [0.1, 0.15) is 6.04 Å². The zero-order valence-corrected chi connectivity index (χ0v) is 25.5. The largest absolute Gasteiger partial charge is 0.357 e. The highest BCUT2D eigenvalue weighted by molar-refractivity contribution is 7.92. The number of benzene rings is 3. The number of nitrogens with zero attached hydrogens (tertiary/aromatic N) is 2. The number of hydrogen-bond donors (Lipinski definition) is 1. The lowest BCUT2D eigenvalue weighted by atomic mass is 10.0. The minimum absolute atomic E-state index is 0.0321. The number of amides is 2. The SMILES string of the molecule is CNC(=O)[C@H](Cc1ccccc1)N(Cc1ccc(Cl)cc1Cl)C(=O)CCCN(c1ccc(C)c(C)c1)S(C)(=O)=O. The first kappa shape index (κ1) is 31.5. The van der Waals surface area contributed by atoms with Gasteiger partial charge in [-0.1, -0.05) is 65.7 Å². The molecular weight excluding hydrogens is 569 g/mol. The molecule has 7 nitrogen and oxygen atoms in total. The normalized spacial score (nSPS) is 12.1. The van der Waals surface area contributed by atoms with Crippen LogP contribution in [-0.4, -0.2) is 51.0 Å². The second-order valence-corrected chi connectivity index (χ2v) is 12.5. The summed E-state index contributed by atoms with van der Waals surface area (Å²) in [6, 6.07) is 19.1. The fourth-order valence-electron chi connectivity index (χ4n) is 4.44. The molecule has 10 heteroatoms. The minimum Gasteiger partial charge on any atom is -0.357 e. The van der Waals surface area contributed by atoms with Crippen LogP contribution >= 0.6 is 23.2 Å². The Morgan fingerprint density at radius 2 is 1.65 bits per heavy atom. The summed E-state index contributed by atoms with van der Waals surface area (Å²) in [5.41, 5.74) is 4.13. The summed E-state index contributed by atoms with van der Waals surface area (Å²) in [6.45, 7) is 4.09. The maximum Gasteiger partial charge on any atom is 0.242 e. The number of carbonyl (C=O) groups excluding carboxylic acids is 2. The van der Waals surface area contributed by atoms with E-state index >= 15 is 0 Å². The van der Waals surface area contributed by atoms with Gasteiger partial charge in [-0.3, -0.25) is 13.9 Å². The zero-order valence-electron chi connectivity index (χ0n) is 23.2. The van der Waals surface area contributed by atoms with Gasteiger partial charge >= 0.3 is 0 Å². The predicted molar refractivity (Wildman–Crippen MR) is 162 cm³/mol. The molecule has 0 unspecified atom stereocenters. The number of halogens is 2. The summed E-state index contributed by atoms with van der Waals surface area (Å²) in [6.07, 6.45) is 1.75. The van der Waals surface area contributed by atoms with Crippen molar-refractivity contribution >= 4 is 50.7 Å². The topological polar surface area (TPSA) is 86.8 Å². The summed E-state index contributed by atoms with van der Waals surface area (Å²) in [4.78, 5) is 28.4. The quantitative estimate of drug-likeness (QED) is 0.294. The van der Waals surface area contributed by atoms with Gasteiger partial charge in [-0.15, -0.1) is 0 Å². The van der Waals surface area contributed by atoms with E-state index in [2.05, 4.69) is 5.32 Å². The molecule has 0 saturated heterocycles. The van der Waals surface area contributed by atoms with Crippen molar-refractivity contribution in [2.24, 2.45) is 0 Å². The van der Waals surface area contributed by atoms with E-state index in [0.29, 0.717) is 27.7 Å². The number of nitrogens with one attached hydrogen (secondary N) is 1. The predicted octanol–water partition coefficient (Wildman–Crippen LogP) is 5.54. The van der Waals surface area contributed by atoms with E-state index in [1.54, 1.807) is 24.3 Å². The number of anilines is 1. The van der Waals surface area contributed by atoms with Crippen molar-refractivity contribution in [1.82, 2.24) is 10.2 Å². The van der Waals surface area contributed by atoms with Crippen molar-refractivity contribution in [2.45, 2.75) is 45.7 Å². The number of carbonyl (C=O) groups is 2. The Bertz CT molecular complexity index is 1450. The summed E-state index contributed by atoms with van der Waals surface area (Å²) in [7, 11) is -2.05. The van der Waals surface area contributed by atoms with Crippen LogP contribution in [0.3, 0.4) is 0 Å². The van der Waals surface area contributed by atoms with Gasteiger partial charge in [-0.05, 0) is 66.8 Å². The number of hydrogen-bond acceptors (Lipinski definition) is 4. The fourth-order valence-corrected chi connectivity index (χ4v) is 5.86. The molecule has 0 aliphatic rings. The van der Waals surface area contributed by atoms with Gasteiger partial charge in [0.2, 0.25) is 21.8 Å². The third kappa shape index (κ3) is 8.46. The molecule has 0 aromatic heterocycles. The Balaban J connectivity index is 1.88. The van der Waals surface area contributed by atoms with Crippen LogP contribution in [0.2, 0.25) is 10.0 Å². The Hall–Kier alpha value is -3.07. The van der Waals surface area contributed by atoms with Crippen molar-refractivity contribution in [2.75, 3.05) is 24.2 Å². The van der Waals surface area contributed by atoms with E-state index in [0.717, 1.165) is 22.9 Å². The van der Waals surface area contributed by atoms with Crippen LogP contribution in [0.4, 0.5) is 5.69 Å². The highest BCUT2D eigenvalue weighted by Crippen LogP contribution is 2.25. The molecule has 0 aliphatic heterocycles. The lowest BCUT2D eigenvalue weighted by Crippen LogP contribution is -2.49. The van der Waals surface area contributed by atoms with Crippen molar-refractivity contribution in [3.8, 4) is 0 Å². The van der Waals surface area contributed by atoms with Crippen LogP contribution in [-0.2, 0) is 32.6 Å². The first-order valence-electron chi connectivity index (χ1n) is 12.9. The standard InChI is InChI=1S/C30H35Cl2N3O4S/c1-21-12-15-26(17-22(21)2)35(40(4,38)39)16-8-11-29(36)34(20-24-13-14-25(31)19-27(24)32)28(30(37)33-3)18-23-9-6-5-7-10-23/h5-7,9-10,12-15,17,19,28H,8,11,16,18,20H2,1-4H3,(H,33,37)/t28-/m0/s1. The van der Waals surface area contributed by atoms with E-state index in [1.165, 1.54) is 16.3 Å². The lowest BCUT2D eigenvalue weighted by Gasteiger charge is -2.32. The van der Waals surface area contributed by atoms with Crippen LogP contribution < -0.4 is 9.62 Å². The molecule has 1 atom stereocenters. The highest BCUT2D eigenvalue weighted by atomic mass is 35.5. The Labute approximate surface area is 247 Å². The van der Waals surface area contributed by atoms with Crippen molar-refractivity contribution in [3.05, 3.63) is 99.0 Å². The molecule has 0 radical (unpaired) electrons. The van der Waals surface area contributed by atoms with E-state index in [1.807, 2.05) is 56.3 Å². The molecule has 2 amide bonds. The molecule has 1 N–H and O–H groups in total. The lowest BCUT2D eigenvalue weighted by molar-refractivity contribution is -0.141. The minimum atomic E-state index is -3.58. The average molecular weight is 605 g/mol. The van der Waals surface area contributed by atoms with Gasteiger partial charge in [0.05, 0.1) is 11.9 Å². The second-order valence-electron chi connectivity index (χ2n) is 9.78. The van der Waals surface area contributed by atoms with Gasteiger partial charge in [0.15, 0.2) is 0 Å². The molecule has 0 saturated carbocycles. The smallest absolute Gasteiger partial charge is 0.242 e. The van der Waals surface area contributed by atoms with E-state index in [4.69, 9.17) is 23.2 Å². The third-order valence-corrected chi connectivity index (χ3v) is 8.58. The second kappa shape index (κ2) is 14.0. The van der Waals surface area contributed by atoms with Crippen LogP contribution in [0.5, 0.6) is 0 Å². The fraction of sp³-hybridized carbons (Fsp3) is 0.333. The molecule has 0 heterocycles. The average Bonchev–Trinajstić information content (AvgIpc) is 2.90. The van der Waals surface area contributed by atoms with Crippen molar-refractivity contribution < 1.29 is 18.0 Å². The van der Waals surface area contributed by atoms with Crippen LogP contribution in [0, 0.1) is 13.8 Å². The Morgan fingerprint density at radius 1 is 0.950 bits per heavy atom. The molecule has 3 aromatic rings. The summed E-state index contributed by atoms with van der Waals surface area (Å²) < 4.78 is 26.6. The van der Waals surface area contributed by atoms with Crippen LogP contribution in [0.1, 0.15) is 35.1 Å². The third-order valence-electron chi connectivity index (χ3n) is 6.80. The van der Waals surface area contributed by atoms with Gasteiger partial charge in [-0.2, -0.15) is 0 Å². The Kier molecular flexibility index (Phi) is 11.0. The number of aryl methyl sites for hydroxylation is 2. The van der Waals surface area contributed by atoms with E-state index in [-0.39, 0.29) is 37.7 Å². The number of rotatable bonds is 12. The molecule has 0 spiro atoms. The van der Waals surface area contributed by atoms with E-state index < -0.39 is 16.1 Å². The van der Waals surface area contributed by atoms with Gasteiger partial charge in [0, 0.05) is 43.0 Å². The monoisotopic (exact) mass is 603 g/mol. The molecule has 0 fully saturated rings. The van der Waals surface area contributed by atoms with Gasteiger partial charge in [-0.25, -0.2) is 8.42 Å². The molecule has 3 rings (SSSR count). The highest BCUT2D eigenvalue weighted by Gasteiger charge is 2.30.